The van der Waals surface area contributed by atoms with Gasteiger partial charge in [0.15, 0.2) is 5.11 Å². The van der Waals surface area contributed by atoms with Crippen molar-refractivity contribution in [1.29, 1.82) is 0 Å². The first-order chi connectivity index (χ1) is 14.5. The van der Waals surface area contributed by atoms with Crippen molar-refractivity contribution in [3.05, 3.63) is 83.4 Å². The highest BCUT2D eigenvalue weighted by Gasteiger charge is 2.32. The molecule has 1 fully saturated rings. The smallest absolute Gasteiger partial charge is 0.281 e. The van der Waals surface area contributed by atoms with Crippen LogP contribution in [0.15, 0.2) is 70.8 Å². The number of amides is 1. The van der Waals surface area contributed by atoms with E-state index in [4.69, 9.17) is 26.1 Å². The second kappa shape index (κ2) is 8.42. The number of rotatable bonds is 6. The van der Waals surface area contributed by atoms with Gasteiger partial charge < -0.3 is 19.2 Å². The zero-order chi connectivity index (χ0) is 21.1. The zero-order valence-corrected chi connectivity index (χ0v) is 17.4. The van der Waals surface area contributed by atoms with Gasteiger partial charge in [0.05, 0.1) is 12.8 Å². The SMILES string of the molecule is COc1ccc(OCc2ccc(/C=C3/NC(=S)N(c4cccc(C)c4)C3=O)o2)cc1. The van der Waals surface area contributed by atoms with Gasteiger partial charge in [-0.15, -0.1) is 0 Å². The van der Waals surface area contributed by atoms with Crippen LogP contribution in [0.5, 0.6) is 11.5 Å². The molecule has 152 valence electrons. The number of nitrogens with zero attached hydrogens (tertiary/aromatic N) is 1. The van der Waals surface area contributed by atoms with Crippen LogP contribution >= 0.6 is 12.2 Å². The van der Waals surface area contributed by atoms with Crippen LogP contribution in [0.4, 0.5) is 5.69 Å². The maximum absolute atomic E-state index is 12.8. The number of anilines is 1. The second-order valence-electron chi connectivity index (χ2n) is 6.74. The molecule has 0 radical (unpaired) electrons. The van der Waals surface area contributed by atoms with Crippen molar-refractivity contribution in [3.8, 4) is 11.5 Å². The number of carbonyl (C=O) groups excluding carboxylic acids is 1. The van der Waals surface area contributed by atoms with E-state index in [-0.39, 0.29) is 12.5 Å². The summed E-state index contributed by atoms with van der Waals surface area (Å²) < 4.78 is 16.6. The Morgan fingerprint density at radius 3 is 2.60 bits per heavy atom. The normalized spacial score (nSPS) is 14.9. The number of nitrogens with one attached hydrogen (secondary N) is 1. The molecule has 1 aliphatic heterocycles. The van der Waals surface area contributed by atoms with Crippen molar-refractivity contribution in [1.82, 2.24) is 5.32 Å². The summed E-state index contributed by atoms with van der Waals surface area (Å²) in [6, 6.07) is 18.5. The molecule has 2 heterocycles. The van der Waals surface area contributed by atoms with Gasteiger partial charge in [-0.25, -0.2) is 0 Å². The van der Waals surface area contributed by atoms with Gasteiger partial charge in [0, 0.05) is 6.08 Å². The molecule has 1 N–H and O–H groups in total. The Labute approximate surface area is 179 Å². The maximum Gasteiger partial charge on any atom is 0.281 e. The number of carbonyl (C=O) groups is 1. The number of aryl methyl sites for hydroxylation is 1. The van der Waals surface area contributed by atoms with Crippen molar-refractivity contribution in [2.75, 3.05) is 12.0 Å². The maximum atomic E-state index is 12.8. The molecule has 4 rings (SSSR count). The summed E-state index contributed by atoms with van der Waals surface area (Å²) in [4.78, 5) is 14.3. The van der Waals surface area contributed by atoms with Gasteiger partial charge in [-0.3, -0.25) is 9.69 Å². The van der Waals surface area contributed by atoms with Crippen LogP contribution in [-0.4, -0.2) is 18.1 Å². The topological polar surface area (TPSA) is 63.9 Å². The highest BCUT2D eigenvalue weighted by atomic mass is 32.1. The summed E-state index contributed by atoms with van der Waals surface area (Å²) in [5, 5.41) is 3.30. The quantitative estimate of drug-likeness (QED) is 0.470. The molecule has 3 aromatic rings. The van der Waals surface area contributed by atoms with Crippen LogP contribution in [0.1, 0.15) is 17.1 Å². The number of benzene rings is 2. The Morgan fingerprint density at radius 1 is 1.10 bits per heavy atom. The third-order valence-electron chi connectivity index (χ3n) is 4.55. The van der Waals surface area contributed by atoms with Crippen molar-refractivity contribution in [3.63, 3.8) is 0 Å². The highest BCUT2D eigenvalue weighted by Crippen LogP contribution is 2.24. The monoisotopic (exact) mass is 420 g/mol. The van der Waals surface area contributed by atoms with E-state index in [1.165, 1.54) is 4.90 Å². The largest absolute Gasteiger partial charge is 0.497 e. The van der Waals surface area contributed by atoms with Gasteiger partial charge in [-0.1, -0.05) is 12.1 Å². The number of thiocarbonyl (C=S) groups is 1. The van der Waals surface area contributed by atoms with Crippen molar-refractivity contribution in [2.24, 2.45) is 0 Å². The minimum absolute atomic E-state index is 0.224. The Hall–Kier alpha value is -3.58. The molecule has 0 bridgehead atoms. The van der Waals surface area contributed by atoms with Gasteiger partial charge >= 0.3 is 0 Å². The molecular weight excluding hydrogens is 400 g/mol. The van der Waals surface area contributed by atoms with Crippen LogP contribution in [0.2, 0.25) is 0 Å². The number of hydrogen-bond donors (Lipinski definition) is 1. The lowest BCUT2D eigenvalue weighted by Crippen LogP contribution is -2.30. The molecule has 1 amide bonds. The molecule has 0 aliphatic carbocycles. The summed E-state index contributed by atoms with van der Waals surface area (Å²) >= 11 is 5.35. The number of methoxy groups -OCH3 is 1. The molecule has 2 aromatic carbocycles. The average Bonchev–Trinajstić information content (AvgIpc) is 3.30. The van der Waals surface area contributed by atoms with Crippen molar-refractivity contribution in [2.45, 2.75) is 13.5 Å². The van der Waals surface area contributed by atoms with Crippen LogP contribution in [0, 0.1) is 6.92 Å². The third kappa shape index (κ3) is 4.21. The lowest BCUT2D eigenvalue weighted by Gasteiger charge is -2.14. The fourth-order valence-corrected chi connectivity index (χ4v) is 3.35. The van der Waals surface area contributed by atoms with Gasteiger partial charge in [0.2, 0.25) is 0 Å². The predicted molar refractivity (Wildman–Crippen MR) is 118 cm³/mol. The minimum atomic E-state index is -0.224. The molecule has 1 aromatic heterocycles. The van der Waals surface area contributed by atoms with E-state index in [1.807, 2.05) is 61.5 Å². The van der Waals surface area contributed by atoms with Gasteiger partial charge in [0.1, 0.15) is 35.3 Å². The Morgan fingerprint density at radius 2 is 1.87 bits per heavy atom. The molecule has 0 saturated carbocycles. The van der Waals surface area contributed by atoms with E-state index in [9.17, 15) is 4.79 Å². The van der Waals surface area contributed by atoms with Crippen LogP contribution < -0.4 is 19.7 Å². The lowest BCUT2D eigenvalue weighted by atomic mass is 10.2. The standard InChI is InChI=1S/C23H20N2O4S/c1-15-4-3-5-16(12-15)25-22(26)21(24-23(25)30)13-19-10-11-20(29-19)14-28-18-8-6-17(27-2)7-9-18/h3-13H,14H2,1-2H3,(H,24,30)/b21-13+. The van der Waals surface area contributed by atoms with E-state index in [2.05, 4.69) is 5.32 Å². The molecule has 30 heavy (non-hydrogen) atoms. The summed E-state index contributed by atoms with van der Waals surface area (Å²) in [5.41, 5.74) is 2.14. The van der Waals surface area contributed by atoms with Crippen molar-refractivity contribution < 1.29 is 18.7 Å². The zero-order valence-electron chi connectivity index (χ0n) is 16.5. The molecule has 0 unspecified atom stereocenters. The molecule has 7 heteroatoms. The van der Waals surface area contributed by atoms with E-state index < -0.39 is 0 Å². The summed E-state index contributed by atoms with van der Waals surface area (Å²) in [5.74, 6) is 2.42. The van der Waals surface area contributed by atoms with E-state index in [0.717, 1.165) is 17.0 Å². The minimum Gasteiger partial charge on any atom is -0.497 e. The second-order valence-corrected chi connectivity index (χ2v) is 7.12. The fourth-order valence-electron chi connectivity index (χ4n) is 3.05. The Balaban J connectivity index is 1.44. The van der Waals surface area contributed by atoms with E-state index in [0.29, 0.717) is 28.1 Å². The highest BCUT2D eigenvalue weighted by molar-refractivity contribution is 7.80. The van der Waals surface area contributed by atoms with Gasteiger partial charge in [-0.05, 0) is 73.2 Å². The fraction of sp³-hybridized carbons (Fsp3) is 0.130. The third-order valence-corrected chi connectivity index (χ3v) is 4.83. The van der Waals surface area contributed by atoms with Crippen LogP contribution in [0.25, 0.3) is 6.08 Å². The summed E-state index contributed by atoms with van der Waals surface area (Å²) in [6.45, 7) is 2.24. The Bertz CT molecular complexity index is 1120. The molecule has 0 spiro atoms. The molecule has 1 saturated heterocycles. The van der Waals surface area contributed by atoms with Crippen LogP contribution in [-0.2, 0) is 11.4 Å². The number of hydrogen-bond acceptors (Lipinski definition) is 5. The number of ether oxygens (including phenoxy) is 2. The molecule has 1 aliphatic rings. The predicted octanol–water partition coefficient (Wildman–Crippen LogP) is 4.44. The molecular formula is C23H20N2O4S. The van der Waals surface area contributed by atoms with Crippen LogP contribution in [0.3, 0.4) is 0 Å². The van der Waals surface area contributed by atoms with Gasteiger partial charge in [0.25, 0.3) is 5.91 Å². The van der Waals surface area contributed by atoms with E-state index >= 15 is 0 Å². The Kier molecular flexibility index (Phi) is 5.54. The van der Waals surface area contributed by atoms with Gasteiger partial charge in [-0.2, -0.15) is 0 Å². The first-order valence-electron chi connectivity index (χ1n) is 9.33. The molecule has 6 nitrogen and oxygen atoms in total. The van der Waals surface area contributed by atoms with Crippen molar-refractivity contribution >= 4 is 35.0 Å². The lowest BCUT2D eigenvalue weighted by molar-refractivity contribution is -0.113. The first-order valence-corrected chi connectivity index (χ1v) is 9.74. The average molecular weight is 420 g/mol. The first kappa shape index (κ1) is 19.7. The summed E-state index contributed by atoms with van der Waals surface area (Å²) in [7, 11) is 1.62. The summed E-state index contributed by atoms with van der Waals surface area (Å²) in [6.07, 6.45) is 1.64. The molecule has 0 atom stereocenters. The van der Waals surface area contributed by atoms with E-state index in [1.54, 1.807) is 19.3 Å². The number of furan rings is 1.